The maximum atomic E-state index is 11.8. The minimum absolute atomic E-state index is 0.159. The molecule has 0 aromatic heterocycles. The molecule has 1 aromatic rings. The predicted octanol–water partition coefficient (Wildman–Crippen LogP) is 2.25. The van der Waals surface area contributed by atoms with E-state index in [1.165, 1.54) is 0 Å². The summed E-state index contributed by atoms with van der Waals surface area (Å²) in [5, 5.41) is 0. The molecular formula is C13H14O3. The van der Waals surface area contributed by atoms with Crippen LogP contribution in [-0.4, -0.2) is 18.4 Å². The van der Waals surface area contributed by atoms with Gasteiger partial charge in [-0.05, 0) is 25.5 Å². The Morgan fingerprint density at radius 2 is 2.19 bits per heavy atom. The third kappa shape index (κ3) is 0.990. The fourth-order valence-corrected chi connectivity index (χ4v) is 2.69. The van der Waals surface area contributed by atoms with Gasteiger partial charge in [0.15, 0.2) is 0 Å². The summed E-state index contributed by atoms with van der Waals surface area (Å²) >= 11 is 0. The van der Waals surface area contributed by atoms with Gasteiger partial charge in [0.05, 0.1) is 11.0 Å². The SMILES string of the molecule is CCO[C@]12C[C@@]1(C)c1ccccc1C(=O)O2. The van der Waals surface area contributed by atoms with Crippen molar-refractivity contribution in [2.75, 3.05) is 6.61 Å². The molecular weight excluding hydrogens is 204 g/mol. The fraction of sp³-hybridized carbons (Fsp3) is 0.462. The normalized spacial score (nSPS) is 35.0. The van der Waals surface area contributed by atoms with Gasteiger partial charge in [0.25, 0.3) is 0 Å². The predicted molar refractivity (Wildman–Crippen MR) is 58.2 cm³/mol. The molecule has 0 saturated heterocycles. The Morgan fingerprint density at radius 1 is 1.44 bits per heavy atom. The fourth-order valence-electron chi connectivity index (χ4n) is 2.69. The summed E-state index contributed by atoms with van der Waals surface area (Å²) in [5.41, 5.74) is 1.57. The van der Waals surface area contributed by atoms with Crippen molar-refractivity contribution >= 4 is 5.97 Å². The summed E-state index contributed by atoms with van der Waals surface area (Å²) < 4.78 is 11.1. The van der Waals surface area contributed by atoms with Crippen molar-refractivity contribution in [3.63, 3.8) is 0 Å². The summed E-state index contributed by atoms with van der Waals surface area (Å²) in [5.74, 6) is -0.966. The number of hydrogen-bond acceptors (Lipinski definition) is 3. The lowest BCUT2D eigenvalue weighted by Gasteiger charge is -2.29. The van der Waals surface area contributed by atoms with E-state index in [0.29, 0.717) is 12.2 Å². The molecule has 1 aliphatic carbocycles. The molecule has 0 unspecified atom stereocenters. The topological polar surface area (TPSA) is 35.5 Å². The Bertz CT molecular complexity index is 468. The Balaban J connectivity index is 2.11. The van der Waals surface area contributed by atoms with Crippen LogP contribution >= 0.6 is 0 Å². The van der Waals surface area contributed by atoms with E-state index in [4.69, 9.17) is 9.47 Å². The zero-order valence-corrected chi connectivity index (χ0v) is 9.45. The van der Waals surface area contributed by atoms with Gasteiger partial charge in [0.1, 0.15) is 0 Å². The second kappa shape index (κ2) is 2.86. The van der Waals surface area contributed by atoms with Gasteiger partial charge in [-0.25, -0.2) is 4.79 Å². The summed E-state index contributed by atoms with van der Waals surface area (Å²) in [4.78, 5) is 11.8. The highest BCUT2D eigenvalue weighted by atomic mass is 16.7. The summed E-state index contributed by atoms with van der Waals surface area (Å²) in [7, 11) is 0. The molecule has 1 aromatic carbocycles. The molecule has 1 saturated carbocycles. The van der Waals surface area contributed by atoms with Gasteiger partial charge in [0, 0.05) is 13.0 Å². The van der Waals surface area contributed by atoms with Crippen LogP contribution in [0.4, 0.5) is 0 Å². The molecule has 16 heavy (non-hydrogen) atoms. The molecule has 84 valence electrons. The first-order chi connectivity index (χ1) is 7.63. The molecule has 1 aliphatic heterocycles. The van der Waals surface area contributed by atoms with Crippen molar-refractivity contribution in [3.8, 4) is 0 Å². The Labute approximate surface area is 94.4 Å². The van der Waals surface area contributed by atoms with Crippen LogP contribution in [-0.2, 0) is 14.9 Å². The molecule has 0 radical (unpaired) electrons. The summed E-state index contributed by atoms with van der Waals surface area (Å²) in [6.07, 6.45) is 0.761. The van der Waals surface area contributed by atoms with Gasteiger partial charge in [-0.1, -0.05) is 18.2 Å². The van der Waals surface area contributed by atoms with Crippen LogP contribution in [0.1, 0.15) is 36.2 Å². The van der Waals surface area contributed by atoms with Crippen LogP contribution in [0.25, 0.3) is 0 Å². The number of carbonyl (C=O) groups excluding carboxylic acids is 1. The highest BCUT2D eigenvalue weighted by Crippen LogP contribution is 2.63. The number of fused-ring (bicyclic) bond motifs is 3. The number of hydrogen-bond donors (Lipinski definition) is 0. The van der Waals surface area contributed by atoms with Gasteiger partial charge in [0.2, 0.25) is 5.79 Å². The molecule has 1 heterocycles. The van der Waals surface area contributed by atoms with Crippen molar-refractivity contribution in [1.29, 1.82) is 0 Å². The van der Waals surface area contributed by atoms with E-state index in [1.54, 1.807) is 0 Å². The lowest BCUT2D eigenvalue weighted by atomic mass is 9.90. The van der Waals surface area contributed by atoms with E-state index in [9.17, 15) is 4.79 Å². The second-order valence-electron chi connectivity index (χ2n) is 4.63. The van der Waals surface area contributed by atoms with Crippen molar-refractivity contribution in [2.24, 2.45) is 0 Å². The quantitative estimate of drug-likeness (QED) is 0.714. The Morgan fingerprint density at radius 3 is 2.94 bits per heavy atom. The molecule has 0 amide bonds. The summed E-state index contributed by atoms with van der Waals surface area (Å²) in [6, 6.07) is 7.63. The van der Waals surface area contributed by atoms with Crippen LogP contribution in [0.5, 0.6) is 0 Å². The number of benzene rings is 1. The van der Waals surface area contributed by atoms with Crippen LogP contribution in [0.2, 0.25) is 0 Å². The minimum Gasteiger partial charge on any atom is -0.428 e. The Hall–Kier alpha value is -1.35. The summed E-state index contributed by atoms with van der Waals surface area (Å²) in [6.45, 7) is 4.57. The molecule has 3 nitrogen and oxygen atoms in total. The standard InChI is InChI=1S/C13H14O3/c1-3-15-13-8-12(13,2)10-7-5-4-6-9(10)11(14)16-13/h4-7H,3,8H2,1-2H3/t12-,13-/m0/s1. The van der Waals surface area contributed by atoms with Crippen LogP contribution in [0, 0.1) is 0 Å². The average molecular weight is 218 g/mol. The molecule has 3 rings (SSSR count). The molecule has 0 spiro atoms. The third-order valence-corrected chi connectivity index (χ3v) is 3.68. The number of carbonyl (C=O) groups is 1. The van der Waals surface area contributed by atoms with Gasteiger partial charge < -0.3 is 9.47 Å². The van der Waals surface area contributed by atoms with E-state index in [-0.39, 0.29) is 11.4 Å². The number of esters is 1. The third-order valence-electron chi connectivity index (χ3n) is 3.68. The van der Waals surface area contributed by atoms with E-state index in [0.717, 1.165) is 12.0 Å². The van der Waals surface area contributed by atoms with Gasteiger partial charge in [-0.2, -0.15) is 0 Å². The lowest BCUT2D eigenvalue weighted by molar-refractivity contribution is -0.146. The maximum absolute atomic E-state index is 11.8. The first kappa shape index (κ1) is 9.85. The minimum atomic E-state index is -0.701. The van der Waals surface area contributed by atoms with Gasteiger partial charge in [-0.3, -0.25) is 0 Å². The monoisotopic (exact) mass is 218 g/mol. The van der Waals surface area contributed by atoms with E-state index < -0.39 is 5.79 Å². The molecule has 0 bridgehead atoms. The first-order valence-corrected chi connectivity index (χ1v) is 5.60. The van der Waals surface area contributed by atoms with E-state index in [2.05, 4.69) is 6.92 Å². The van der Waals surface area contributed by atoms with Crippen molar-refractivity contribution < 1.29 is 14.3 Å². The number of rotatable bonds is 2. The van der Waals surface area contributed by atoms with Crippen molar-refractivity contribution in [2.45, 2.75) is 31.5 Å². The molecule has 2 aliphatic rings. The largest absolute Gasteiger partial charge is 0.428 e. The van der Waals surface area contributed by atoms with Crippen LogP contribution in [0.3, 0.4) is 0 Å². The second-order valence-corrected chi connectivity index (χ2v) is 4.63. The zero-order valence-electron chi connectivity index (χ0n) is 9.45. The molecule has 3 heteroatoms. The van der Waals surface area contributed by atoms with E-state index in [1.807, 2.05) is 31.2 Å². The lowest BCUT2D eigenvalue weighted by Crippen LogP contribution is -2.36. The smallest absolute Gasteiger partial charge is 0.340 e. The zero-order chi connectivity index (χ0) is 11.4. The Kier molecular flexibility index (Phi) is 1.76. The van der Waals surface area contributed by atoms with Gasteiger partial charge >= 0.3 is 5.97 Å². The van der Waals surface area contributed by atoms with Crippen molar-refractivity contribution in [1.82, 2.24) is 0 Å². The van der Waals surface area contributed by atoms with Gasteiger partial charge in [-0.15, -0.1) is 0 Å². The molecule has 1 fully saturated rings. The average Bonchev–Trinajstić information content (AvgIpc) is 2.86. The molecule has 2 atom stereocenters. The number of ether oxygens (including phenoxy) is 2. The highest BCUT2D eigenvalue weighted by Gasteiger charge is 2.73. The van der Waals surface area contributed by atoms with Crippen LogP contribution in [0.15, 0.2) is 24.3 Å². The molecule has 0 N–H and O–H groups in total. The highest BCUT2D eigenvalue weighted by molar-refractivity contribution is 5.94. The van der Waals surface area contributed by atoms with E-state index >= 15 is 0 Å². The van der Waals surface area contributed by atoms with Crippen LogP contribution < -0.4 is 0 Å². The first-order valence-electron chi connectivity index (χ1n) is 5.60. The maximum Gasteiger partial charge on any atom is 0.340 e. The van der Waals surface area contributed by atoms with Crippen molar-refractivity contribution in [3.05, 3.63) is 35.4 Å².